The minimum absolute atomic E-state index is 0.109. The van der Waals surface area contributed by atoms with Crippen molar-refractivity contribution in [1.82, 2.24) is 5.32 Å². The van der Waals surface area contributed by atoms with E-state index in [-0.39, 0.29) is 17.5 Å². The van der Waals surface area contributed by atoms with E-state index in [9.17, 15) is 14.0 Å². The second-order valence-electron chi connectivity index (χ2n) is 5.78. The average molecular weight is 361 g/mol. The van der Waals surface area contributed by atoms with E-state index in [4.69, 9.17) is 4.74 Å². The van der Waals surface area contributed by atoms with Crippen molar-refractivity contribution in [3.8, 4) is 0 Å². The minimum atomic E-state index is -1.07. The molecule has 0 unspecified atom stereocenters. The van der Waals surface area contributed by atoms with Gasteiger partial charge in [0.1, 0.15) is 12.4 Å². The number of halogens is 1. The maximum atomic E-state index is 14.2. The Morgan fingerprint density at radius 2 is 1.76 bits per heavy atom. The van der Waals surface area contributed by atoms with E-state index in [1.165, 1.54) is 13.0 Å². The van der Waals surface area contributed by atoms with Gasteiger partial charge in [0.2, 0.25) is 0 Å². The van der Waals surface area contributed by atoms with Gasteiger partial charge in [0.25, 0.3) is 0 Å². The largest absolute Gasteiger partial charge is 0.445 e. The molecule has 6 heteroatoms. The summed E-state index contributed by atoms with van der Waals surface area (Å²) in [5.41, 5.74) is 0.0823. The summed E-state index contributed by atoms with van der Waals surface area (Å²) in [5.74, 6) is -0.249. The highest BCUT2D eigenvalue weighted by Crippen LogP contribution is 2.28. The Bertz CT molecular complexity index is 738. The first kappa shape index (κ1) is 19.0. The van der Waals surface area contributed by atoms with Crippen LogP contribution in [0.5, 0.6) is 0 Å². The number of rotatable bonds is 6. The molecule has 0 heterocycles. The average Bonchev–Trinajstić information content (AvgIpc) is 2.59. The predicted molar refractivity (Wildman–Crippen MR) is 96.7 cm³/mol. The summed E-state index contributed by atoms with van der Waals surface area (Å²) >= 11 is 1.02. The normalized spacial score (nSPS) is 12.9. The van der Waals surface area contributed by atoms with Gasteiger partial charge in [-0.1, -0.05) is 60.3 Å². The van der Waals surface area contributed by atoms with E-state index in [0.29, 0.717) is 5.56 Å². The van der Waals surface area contributed by atoms with Gasteiger partial charge in [0.15, 0.2) is 5.12 Å². The molecule has 0 aromatic heterocycles. The Morgan fingerprint density at radius 1 is 1.12 bits per heavy atom. The van der Waals surface area contributed by atoms with Crippen molar-refractivity contribution < 1.29 is 18.7 Å². The molecule has 2 aromatic carbocycles. The summed E-state index contributed by atoms with van der Waals surface area (Å²) in [6.07, 6.45) is -0.668. The number of benzene rings is 2. The number of nitrogens with one attached hydrogen (secondary N) is 1. The van der Waals surface area contributed by atoms with Crippen molar-refractivity contribution in [2.45, 2.75) is 26.0 Å². The minimum Gasteiger partial charge on any atom is -0.445 e. The monoisotopic (exact) mass is 361 g/mol. The van der Waals surface area contributed by atoms with Gasteiger partial charge in [-0.25, -0.2) is 9.18 Å². The van der Waals surface area contributed by atoms with Crippen LogP contribution in [-0.4, -0.2) is 17.0 Å². The first-order valence-electron chi connectivity index (χ1n) is 7.78. The Balaban J connectivity index is 2.11. The predicted octanol–water partition coefficient (Wildman–Crippen LogP) is 4.25. The van der Waals surface area contributed by atoms with Crippen LogP contribution in [-0.2, 0) is 21.7 Å². The third-order valence-corrected chi connectivity index (χ3v) is 4.75. The molecule has 4 nitrogen and oxygen atoms in total. The molecule has 0 saturated heterocycles. The van der Waals surface area contributed by atoms with Crippen molar-refractivity contribution in [3.63, 3.8) is 0 Å². The van der Waals surface area contributed by atoms with Gasteiger partial charge in [-0.3, -0.25) is 4.79 Å². The Labute approximate surface area is 150 Å². The number of hydrogen-bond donors (Lipinski definition) is 1. The summed E-state index contributed by atoms with van der Waals surface area (Å²) < 4.78 is 19.4. The van der Waals surface area contributed by atoms with E-state index in [0.717, 1.165) is 17.3 Å². The number of alkyl carbamates (subject to hydrolysis) is 1. The van der Waals surface area contributed by atoms with Crippen molar-refractivity contribution in [2.24, 2.45) is 0 Å². The Hall–Kier alpha value is -2.34. The molecule has 1 amide bonds. The lowest BCUT2D eigenvalue weighted by atomic mass is 9.94. The van der Waals surface area contributed by atoms with Crippen LogP contribution in [0.25, 0.3) is 0 Å². The van der Waals surface area contributed by atoms with Gasteiger partial charge in [0, 0.05) is 18.2 Å². The van der Waals surface area contributed by atoms with Gasteiger partial charge in [-0.05, 0) is 18.6 Å². The quantitative estimate of drug-likeness (QED) is 0.836. The SMILES string of the molecule is CC(=O)SC[C@](C)(NC(=O)OCc1ccccc1)c1ccccc1F. The molecule has 2 aromatic rings. The highest BCUT2D eigenvalue weighted by molar-refractivity contribution is 8.13. The molecule has 0 spiro atoms. The van der Waals surface area contributed by atoms with Gasteiger partial charge in [-0.15, -0.1) is 0 Å². The fraction of sp³-hybridized carbons (Fsp3) is 0.263. The van der Waals surface area contributed by atoms with E-state index < -0.39 is 17.4 Å². The number of thioether (sulfide) groups is 1. The lowest BCUT2D eigenvalue weighted by Crippen LogP contribution is -2.46. The molecule has 25 heavy (non-hydrogen) atoms. The highest BCUT2D eigenvalue weighted by Gasteiger charge is 2.32. The topological polar surface area (TPSA) is 55.4 Å². The van der Waals surface area contributed by atoms with Crippen molar-refractivity contribution in [1.29, 1.82) is 0 Å². The maximum absolute atomic E-state index is 14.2. The smallest absolute Gasteiger partial charge is 0.408 e. The summed E-state index contributed by atoms with van der Waals surface area (Å²) in [7, 11) is 0. The van der Waals surface area contributed by atoms with E-state index >= 15 is 0 Å². The Morgan fingerprint density at radius 3 is 2.40 bits per heavy atom. The lowest BCUT2D eigenvalue weighted by Gasteiger charge is -2.30. The summed E-state index contributed by atoms with van der Waals surface area (Å²) in [5, 5.41) is 2.59. The zero-order valence-corrected chi connectivity index (χ0v) is 14.9. The zero-order chi connectivity index (χ0) is 18.3. The summed E-state index contributed by atoms with van der Waals surface area (Å²) in [6, 6.07) is 15.4. The van der Waals surface area contributed by atoms with Crippen molar-refractivity contribution in [3.05, 3.63) is 71.5 Å². The standard InChI is InChI=1S/C19H20FNO3S/c1-14(22)25-13-19(2,16-10-6-7-11-17(16)20)21-18(23)24-12-15-8-4-3-5-9-15/h3-11H,12-13H2,1-2H3,(H,21,23)/t19-/m0/s1. The molecular formula is C19H20FNO3S. The van der Waals surface area contributed by atoms with Crippen LogP contribution in [0.4, 0.5) is 9.18 Å². The number of carbonyl (C=O) groups excluding carboxylic acids is 2. The van der Waals surface area contributed by atoms with E-state index in [2.05, 4.69) is 5.32 Å². The molecular weight excluding hydrogens is 341 g/mol. The molecule has 0 bridgehead atoms. The van der Waals surface area contributed by atoms with Crippen LogP contribution in [0.2, 0.25) is 0 Å². The summed E-state index contributed by atoms with van der Waals surface area (Å²) in [4.78, 5) is 23.5. The zero-order valence-electron chi connectivity index (χ0n) is 14.1. The number of amides is 1. The van der Waals surface area contributed by atoms with E-state index in [1.807, 2.05) is 30.3 Å². The van der Waals surface area contributed by atoms with Crippen molar-refractivity contribution in [2.75, 3.05) is 5.75 Å². The fourth-order valence-electron chi connectivity index (χ4n) is 2.32. The van der Waals surface area contributed by atoms with E-state index in [1.54, 1.807) is 25.1 Å². The van der Waals surface area contributed by atoms with Crippen LogP contribution >= 0.6 is 11.8 Å². The lowest BCUT2D eigenvalue weighted by molar-refractivity contribution is -0.109. The first-order valence-corrected chi connectivity index (χ1v) is 8.76. The number of ether oxygens (including phenoxy) is 1. The molecule has 0 radical (unpaired) electrons. The molecule has 0 aliphatic heterocycles. The van der Waals surface area contributed by atoms with Crippen LogP contribution in [0.15, 0.2) is 54.6 Å². The number of hydrogen-bond acceptors (Lipinski definition) is 4. The van der Waals surface area contributed by atoms with Gasteiger partial charge in [-0.2, -0.15) is 0 Å². The third kappa shape index (κ3) is 5.60. The summed E-state index contributed by atoms with van der Waals surface area (Å²) in [6.45, 7) is 3.21. The molecule has 132 valence electrons. The molecule has 1 atom stereocenters. The van der Waals surface area contributed by atoms with Crippen LogP contribution in [0.3, 0.4) is 0 Å². The van der Waals surface area contributed by atoms with Gasteiger partial charge in [0.05, 0.1) is 5.54 Å². The molecule has 0 aliphatic carbocycles. The van der Waals surface area contributed by atoms with Crippen LogP contribution in [0.1, 0.15) is 25.0 Å². The maximum Gasteiger partial charge on any atom is 0.408 e. The van der Waals surface area contributed by atoms with Crippen LogP contribution < -0.4 is 5.32 Å². The van der Waals surface area contributed by atoms with Crippen LogP contribution in [0, 0.1) is 5.82 Å². The second kappa shape index (κ2) is 8.67. The first-order chi connectivity index (χ1) is 11.9. The fourth-order valence-corrected chi connectivity index (χ4v) is 3.04. The highest BCUT2D eigenvalue weighted by atomic mass is 32.2. The molecule has 0 aliphatic rings. The second-order valence-corrected chi connectivity index (χ2v) is 6.93. The molecule has 2 rings (SSSR count). The molecule has 0 fully saturated rings. The van der Waals surface area contributed by atoms with Gasteiger partial charge < -0.3 is 10.1 Å². The number of carbonyl (C=O) groups is 2. The van der Waals surface area contributed by atoms with Gasteiger partial charge >= 0.3 is 6.09 Å². The van der Waals surface area contributed by atoms with Crippen molar-refractivity contribution >= 4 is 23.0 Å². The molecule has 0 saturated carbocycles. The Kier molecular flexibility index (Phi) is 6.58. The third-order valence-electron chi connectivity index (χ3n) is 3.62. The molecule has 1 N–H and O–H groups in total.